The van der Waals surface area contributed by atoms with E-state index in [1.54, 1.807) is 0 Å². The fourth-order valence-corrected chi connectivity index (χ4v) is 3.62. The van der Waals surface area contributed by atoms with Crippen molar-refractivity contribution >= 4 is 11.9 Å². The maximum Gasteiger partial charge on any atom is 0.320 e. The van der Waals surface area contributed by atoms with Gasteiger partial charge in [0, 0.05) is 0 Å². The maximum atomic E-state index is 12.5. The minimum absolute atomic E-state index is 0.00612. The highest BCUT2D eigenvalue weighted by Gasteiger charge is 2.34. The van der Waals surface area contributed by atoms with Gasteiger partial charge in [-0.05, 0) is 63.7 Å². The minimum atomic E-state index is -0.751. The van der Waals surface area contributed by atoms with Gasteiger partial charge in [0.1, 0.15) is 12.2 Å². The van der Waals surface area contributed by atoms with E-state index in [9.17, 15) is 9.59 Å². The van der Waals surface area contributed by atoms with E-state index < -0.39 is 5.92 Å². The summed E-state index contributed by atoms with van der Waals surface area (Å²) in [6.45, 7) is 4.05. The van der Waals surface area contributed by atoms with Crippen LogP contribution < -0.4 is 0 Å². The van der Waals surface area contributed by atoms with Crippen LogP contribution in [0.1, 0.15) is 84.5 Å². The molecule has 0 aromatic carbocycles. The van der Waals surface area contributed by atoms with Gasteiger partial charge in [-0.2, -0.15) is 0 Å². The number of hydrogen-bond donors (Lipinski definition) is 0. The van der Waals surface area contributed by atoms with Crippen LogP contribution in [0.2, 0.25) is 0 Å². The predicted molar refractivity (Wildman–Crippen MR) is 88.9 cm³/mol. The van der Waals surface area contributed by atoms with Gasteiger partial charge in [-0.15, -0.1) is 0 Å². The summed E-state index contributed by atoms with van der Waals surface area (Å²) in [7, 11) is 0. The summed E-state index contributed by atoms with van der Waals surface area (Å²) in [6.07, 6.45) is 11.1. The molecule has 0 spiro atoms. The van der Waals surface area contributed by atoms with E-state index in [-0.39, 0.29) is 30.1 Å². The first-order valence-corrected chi connectivity index (χ1v) is 9.47. The van der Waals surface area contributed by atoms with Gasteiger partial charge in [0.2, 0.25) is 0 Å². The molecule has 2 fully saturated rings. The third kappa shape index (κ3) is 6.15. The lowest BCUT2D eigenvalue weighted by atomic mass is 9.95. The van der Waals surface area contributed by atoms with E-state index in [1.807, 2.05) is 13.8 Å². The molecule has 0 saturated heterocycles. The van der Waals surface area contributed by atoms with Gasteiger partial charge in [-0.25, -0.2) is 0 Å². The number of carbonyl (C=O) groups is 2. The molecule has 0 bridgehead atoms. The van der Waals surface area contributed by atoms with Crippen molar-refractivity contribution in [2.24, 2.45) is 11.8 Å². The Kier molecular flexibility index (Phi) is 7.38. The maximum absolute atomic E-state index is 12.5. The third-order valence-electron chi connectivity index (χ3n) is 4.95. The summed E-state index contributed by atoms with van der Waals surface area (Å²) >= 11 is 0. The molecule has 0 N–H and O–H groups in total. The molecule has 23 heavy (non-hydrogen) atoms. The topological polar surface area (TPSA) is 52.6 Å². The van der Waals surface area contributed by atoms with Crippen LogP contribution in [0.3, 0.4) is 0 Å². The van der Waals surface area contributed by atoms with E-state index in [0.29, 0.717) is 6.42 Å². The molecule has 0 aliphatic heterocycles. The second-order valence-corrected chi connectivity index (χ2v) is 7.58. The van der Waals surface area contributed by atoms with Crippen molar-refractivity contribution in [3.05, 3.63) is 0 Å². The van der Waals surface area contributed by atoms with Crippen molar-refractivity contribution in [2.45, 2.75) is 96.7 Å². The first kappa shape index (κ1) is 18.3. The standard InChI is InChI=1S/C19H32O4/c1-14(2)13-17(18(20)22-15-9-5-3-6-10-15)19(21)23-16-11-7-4-8-12-16/h14-17H,3-13H2,1-2H3. The normalized spacial score (nSPS) is 20.7. The molecule has 0 atom stereocenters. The van der Waals surface area contributed by atoms with Crippen LogP contribution in [-0.2, 0) is 19.1 Å². The summed E-state index contributed by atoms with van der Waals surface area (Å²) in [5.74, 6) is -1.23. The molecule has 2 saturated carbocycles. The molecule has 4 heteroatoms. The Morgan fingerprint density at radius 1 is 0.783 bits per heavy atom. The minimum Gasteiger partial charge on any atom is -0.462 e. The van der Waals surface area contributed by atoms with E-state index >= 15 is 0 Å². The van der Waals surface area contributed by atoms with Gasteiger partial charge in [-0.1, -0.05) is 26.7 Å². The van der Waals surface area contributed by atoms with E-state index in [4.69, 9.17) is 9.47 Å². The molecule has 0 heterocycles. The van der Waals surface area contributed by atoms with Gasteiger partial charge in [0.25, 0.3) is 0 Å². The van der Waals surface area contributed by atoms with Crippen molar-refractivity contribution in [1.82, 2.24) is 0 Å². The monoisotopic (exact) mass is 324 g/mol. The molecule has 132 valence electrons. The summed E-state index contributed by atoms with van der Waals surface area (Å²) in [5, 5.41) is 0. The Labute approximate surface area is 140 Å². The van der Waals surface area contributed by atoms with Crippen LogP contribution in [0, 0.1) is 11.8 Å². The van der Waals surface area contributed by atoms with E-state index in [1.165, 1.54) is 12.8 Å². The Hall–Kier alpha value is -1.06. The number of ether oxygens (including phenoxy) is 2. The fraction of sp³-hybridized carbons (Fsp3) is 0.895. The lowest BCUT2D eigenvalue weighted by Gasteiger charge is -2.27. The lowest BCUT2D eigenvalue weighted by molar-refractivity contribution is -0.170. The molecule has 0 aromatic rings. The first-order valence-electron chi connectivity index (χ1n) is 9.47. The zero-order chi connectivity index (χ0) is 16.7. The van der Waals surface area contributed by atoms with Crippen LogP contribution in [0.4, 0.5) is 0 Å². The molecule has 0 aromatic heterocycles. The molecule has 4 nitrogen and oxygen atoms in total. The second-order valence-electron chi connectivity index (χ2n) is 7.58. The van der Waals surface area contributed by atoms with Crippen LogP contribution in [0.25, 0.3) is 0 Å². The number of carbonyl (C=O) groups excluding carboxylic acids is 2. The van der Waals surface area contributed by atoms with E-state index in [2.05, 4.69) is 0 Å². The Morgan fingerprint density at radius 2 is 1.17 bits per heavy atom. The van der Waals surface area contributed by atoms with Gasteiger partial charge < -0.3 is 9.47 Å². The molecule has 2 aliphatic carbocycles. The predicted octanol–water partition coefficient (Wildman–Crippen LogP) is 4.40. The van der Waals surface area contributed by atoms with Crippen molar-refractivity contribution < 1.29 is 19.1 Å². The first-order chi connectivity index (χ1) is 11.1. The van der Waals surface area contributed by atoms with Gasteiger partial charge in [-0.3, -0.25) is 9.59 Å². The quantitative estimate of drug-likeness (QED) is 0.537. The largest absolute Gasteiger partial charge is 0.462 e. The zero-order valence-corrected chi connectivity index (χ0v) is 14.7. The fourth-order valence-electron chi connectivity index (χ4n) is 3.62. The number of rotatable bonds is 6. The lowest BCUT2D eigenvalue weighted by Crippen LogP contribution is -2.35. The van der Waals surface area contributed by atoms with Crippen LogP contribution in [-0.4, -0.2) is 24.1 Å². The van der Waals surface area contributed by atoms with Crippen LogP contribution in [0.5, 0.6) is 0 Å². The molecule has 0 unspecified atom stereocenters. The Bertz CT molecular complexity index is 347. The summed E-state index contributed by atoms with van der Waals surface area (Å²) in [6, 6.07) is 0. The summed E-state index contributed by atoms with van der Waals surface area (Å²) in [5.41, 5.74) is 0. The zero-order valence-electron chi connectivity index (χ0n) is 14.7. The molecular weight excluding hydrogens is 292 g/mol. The van der Waals surface area contributed by atoms with Gasteiger partial charge in [0.15, 0.2) is 5.92 Å². The number of hydrogen-bond acceptors (Lipinski definition) is 4. The average molecular weight is 324 g/mol. The third-order valence-corrected chi connectivity index (χ3v) is 4.95. The van der Waals surface area contributed by atoms with Crippen molar-refractivity contribution in [2.75, 3.05) is 0 Å². The van der Waals surface area contributed by atoms with Crippen molar-refractivity contribution in [1.29, 1.82) is 0 Å². The summed E-state index contributed by atoms with van der Waals surface area (Å²) in [4.78, 5) is 25.0. The smallest absolute Gasteiger partial charge is 0.320 e. The van der Waals surface area contributed by atoms with Crippen molar-refractivity contribution in [3.8, 4) is 0 Å². The van der Waals surface area contributed by atoms with Crippen LogP contribution >= 0.6 is 0 Å². The van der Waals surface area contributed by atoms with Crippen LogP contribution in [0.15, 0.2) is 0 Å². The molecular formula is C19H32O4. The average Bonchev–Trinajstić information content (AvgIpc) is 2.54. The van der Waals surface area contributed by atoms with Gasteiger partial charge >= 0.3 is 11.9 Å². The van der Waals surface area contributed by atoms with E-state index in [0.717, 1.165) is 51.4 Å². The highest BCUT2D eigenvalue weighted by molar-refractivity contribution is 5.95. The summed E-state index contributed by atoms with van der Waals surface area (Å²) < 4.78 is 11.2. The Balaban J connectivity index is 1.90. The Morgan fingerprint density at radius 3 is 1.52 bits per heavy atom. The SMILES string of the molecule is CC(C)CC(C(=O)OC1CCCCC1)C(=O)OC1CCCCC1. The molecule has 0 amide bonds. The number of esters is 2. The highest BCUT2D eigenvalue weighted by atomic mass is 16.6. The highest BCUT2D eigenvalue weighted by Crippen LogP contribution is 2.26. The molecule has 2 aliphatic rings. The molecule has 0 radical (unpaired) electrons. The van der Waals surface area contributed by atoms with Crippen molar-refractivity contribution in [3.63, 3.8) is 0 Å². The second kappa shape index (κ2) is 9.29. The van der Waals surface area contributed by atoms with Gasteiger partial charge in [0.05, 0.1) is 0 Å². The molecule has 2 rings (SSSR count).